The third-order valence-electron chi connectivity index (χ3n) is 3.47. The van der Waals surface area contributed by atoms with Crippen molar-refractivity contribution in [1.82, 2.24) is 4.72 Å². The summed E-state index contributed by atoms with van der Waals surface area (Å²) in [6, 6.07) is 10.2. The Balaban J connectivity index is 2.16. The maximum atomic E-state index is 12.2. The highest BCUT2D eigenvalue weighted by Crippen LogP contribution is 2.23. The standard InChI is InChI=1S/C17H16ClNO6S/c1-19-26(22,23)16-9-11(7-8-13(16)18)17(21)25-10-14(20)12-5-3-4-6-15(12)24-2/h3-9,19H,10H2,1-2H3. The molecule has 26 heavy (non-hydrogen) atoms. The van der Waals surface area contributed by atoms with Crippen molar-refractivity contribution in [3.05, 3.63) is 58.6 Å². The SMILES string of the molecule is CNS(=O)(=O)c1cc(C(=O)OCC(=O)c2ccccc2OC)ccc1Cl. The minimum atomic E-state index is -3.84. The van der Waals surface area contributed by atoms with E-state index in [4.69, 9.17) is 21.1 Å². The van der Waals surface area contributed by atoms with Crippen LogP contribution in [0.1, 0.15) is 20.7 Å². The summed E-state index contributed by atoms with van der Waals surface area (Å²) < 4.78 is 36.0. The van der Waals surface area contributed by atoms with Crippen LogP contribution in [-0.4, -0.2) is 40.9 Å². The van der Waals surface area contributed by atoms with Crippen LogP contribution in [0, 0.1) is 0 Å². The van der Waals surface area contributed by atoms with Crippen LogP contribution in [0.25, 0.3) is 0 Å². The van der Waals surface area contributed by atoms with E-state index in [1.807, 2.05) is 0 Å². The number of rotatable bonds is 7. The summed E-state index contributed by atoms with van der Waals surface area (Å²) in [5.41, 5.74) is 0.230. The summed E-state index contributed by atoms with van der Waals surface area (Å²) in [6.45, 7) is -0.518. The number of ketones is 1. The molecule has 0 aliphatic heterocycles. The fraction of sp³-hybridized carbons (Fsp3) is 0.176. The van der Waals surface area contributed by atoms with Crippen LogP contribution < -0.4 is 9.46 Å². The number of benzene rings is 2. The molecule has 0 spiro atoms. The van der Waals surface area contributed by atoms with Gasteiger partial charge in [-0.2, -0.15) is 0 Å². The Labute approximate surface area is 155 Å². The van der Waals surface area contributed by atoms with E-state index in [1.165, 1.54) is 26.3 Å². The molecule has 0 fully saturated rings. The van der Waals surface area contributed by atoms with Crippen molar-refractivity contribution in [3.8, 4) is 5.75 Å². The Bertz CT molecular complexity index is 942. The van der Waals surface area contributed by atoms with Crippen molar-refractivity contribution in [2.75, 3.05) is 20.8 Å². The lowest BCUT2D eigenvalue weighted by Crippen LogP contribution is -2.20. The highest BCUT2D eigenvalue weighted by Gasteiger charge is 2.20. The van der Waals surface area contributed by atoms with Gasteiger partial charge in [-0.1, -0.05) is 23.7 Å². The van der Waals surface area contributed by atoms with E-state index in [-0.39, 0.29) is 21.0 Å². The molecule has 0 radical (unpaired) electrons. The fourth-order valence-corrected chi connectivity index (χ4v) is 3.36. The molecule has 2 aromatic rings. The maximum Gasteiger partial charge on any atom is 0.338 e. The Morgan fingerprint density at radius 2 is 1.85 bits per heavy atom. The topological polar surface area (TPSA) is 98.8 Å². The van der Waals surface area contributed by atoms with Crippen LogP contribution in [0.3, 0.4) is 0 Å². The Morgan fingerprint density at radius 1 is 1.15 bits per heavy atom. The summed E-state index contributed by atoms with van der Waals surface area (Å²) in [4.78, 5) is 24.1. The number of hydrogen-bond acceptors (Lipinski definition) is 6. The van der Waals surface area contributed by atoms with E-state index in [0.29, 0.717) is 5.75 Å². The van der Waals surface area contributed by atoms with Gasteiger partial charge in [-0.15, -0.1) is 0 Å². The smallest absolute Gasteiger partial charge is 0.338 e. The van der Waals surface area contributed by atoms with Crippen LogP contribution >= 0.6 is 11.6 Å². The number of esters is 1. The molecule has 0 heterocycles. The molecule has 0 saturated heterocycles. The van der Waals surface area contributed by atoms with Crippen molar-refractivity contribution in [3.63, 3.8) is 0 Å². The Morgan fingerprint density at radius 3 is 2.50 bits per heavy atom. The van der Waals surface area contributed by atoms with Crippen molar-refractivity contribution in [2.24, 2.45) is 0 Å². The molecule has 0 aliphatic carbocycles. The van der Waals surface area contributed by atoms with Gasteiger partial charge >= 0.3 is 5.97 Å². The summed E-state index contributed by atoms with van der Waals surface area (Å²) in [5, 5.41) is -0.0407. The van der Waals surface area contributed by atoms with Crippen molar-refractivity contribution < 1.29 is 27.5 Å². The minimum Gasteiger partial charge on any atom is -0.496 e. The van der Waals surface area contributed by atoms with Crippen LogP contribution in [0.2, 0.25) is 5.02 Å². The lowest BCUT2D eigenvalue weighted by molar-refractivity contribution is 0.0473. The van der Waals surface area contributed by atoms with Crippen molar-refractivity contribution in [1.29, 1.82) is 0 Å². The average molecular weight is 398 g/mol. The number of Topliss-reactive ketones (excluding diaryl/α,β-unsaturated/α-hetero) is 1. The fourth-order valence-electron chi connectivity index (χ4n) is 2.11. The zero-order valence-electron chi connectivity index (χ0n) is 14.0. The number of halogens is 1. The van der Waals surface area contributed by atoms with Gasteiger partial charge in [-0.3, -0.25) is 4.79 Å². The number of ether oxygens (including phenoxy) is 2. The molecule has 138 valence electrons. The predicted molar refractivity (Wildman–Crippen MR) is 95.3 cm³/mol. The van der Waals surface area contributed by atoms with Gasteiger partial charge in [-0.25, -0.2) is 17.9 Å². The summed E-state index contributed by atoms with van der Waals surface area (Å²) in [5.74, 6) is -0.937. The first-order chi connectivity index (χ1) is 12.3. The van der Waals surface area contributed by atoms with Gasteiger partial charge in [0.2, 0.25) is 15.8 Å². The average Bonchev–Trinajstić information content (AvgIpc) is 2.65. The molecule has 2 rings (SSSR count). The second-order valence-electron chi connectivity index (χ2n) is 5.05. The first-order valence-corrected chi connectivity index (χ1v) is 9.22. The third kappa shape index (κ3) is 4.40. The summed E-state index contributed by atoms with van der Waals surface area (Å²) >= 11 is 5.87. The number of para-hydroxylation sites is 1. The molecule has 9 heteroatoms. The predicted octanol–water partition coefficient (Wildman–Crippen LogP) is 2.30. The second-order valence-corrected chi connectivity index (χ2v) is 7.31. The molecular weight excluding hydrogens is 382 g/mol. The number of carbonyl (C=O) groups excluding carboxylic acids is 2. The molecule has 0 unspecified atom stereocenters. The molecule has 0 amide bonds. The number of sulfonamides is 1. The van der Waals surface area contributed by atoms with E-state index < -0.39 is 28.4 Å². The molecule has 0 atom stereocenters. The lowest BCUT2D eigenvalue weighted by atomic mass is 10.1. The maximum absolute atomic E-state index is 12.2. The number of hydrogen-bond donors (Lipinski definition) is 1. The van der Waals surface area contributed by atoms with E-state index in [0.717, 1.165) is 6.07 Å². The van der Waals surface area contributed by atoms with Gasteiger partial charge in [-0.05, 0) is 37.4 Å². The third-order valence-corrected chi connectivity index (χ3v) is 5.36. The summed E-state index contributed by atoms with van der Waals surface area (Å²) in [6.07, 6.45) is 0. The van der Waals surface area contributed by atoms with E-state index in [9.17, 15) is 18.0 Å². The van der Waals surface area contributed by atoms with E-state index in [2.05, 4.69) is 4.72 Å². The monoisotopic (exact) mass is 397 g/mol. The Hall–Kier alpha value is -2.42. The van der Waals surface area contributed by atoms with Gasteiger partial charge in [0.25, 0.3) is 0 Å². The highest BCUT2D eigenvalue weighted by atomic mass is 35.5. The first-order valence-electron chi connectivity index (χ1n) is 7.36. The molecule has 2 aromatic carbocycles. The van der Waals surface area contributed by atoms with E-state index in [1.54, 1.807) is 24.3 Å². The molecule has 7 nitrogen and oxygen atoms in total. The number of carbonyl (C=O) groups is 2. The molecule has 0 aliphatic rings. The second kappa shape index (κ2) is 8.31. The molecular formula is C17H16ClNO6S. The van der Waals surface area contributed by atoms with Crippen LogP contribution in [0.5, 0.6) is 5.75 Å². The van der Waals surface area contributed by atoms with Gasteiger partial charge in [0.15, 0.2) is 6.61 Å². The number of nitrogens with one attached hydrogen (secondary N) is 1. The summed E-state index contributed by atoms with van der Waals surface area (Å²) in [7, 11) is -1.19. The molecule has 0 aromatic heterocycles. The zero-order chi connectivity index (χ0) is 19.3. The van der Waals surface area contributed by atoms with E-state index >= 15 is 0 Å². The molecule has 0 saturated carbocycles. The quantitative estimate of drug-likeness (QED) is 0.568. The van der Waals surface area contributed by atoms with Crippen LogP contribution in [0.15, 0.2) is 47.4 Å². The van der Waals surface area contributed by atoms with Crippen LogP contribution in [0.4, 0.5) is 0 Å². The van der Waals surface area contributed by atoms with Crippen molar-refractivity contribution >= 4 is 33.4 Å². The molecule has 0 bridgehead atoms. The highest BCUT2D eigenvalue weighted by molar-refractivity contribution is 7.89. The van der Waals surface area contributed by atoms with Gasteiger partial charge in [0, 0.05) is 0 Å². The first kappa shape index (κ1) is 19.9. The van der Waals surface area contributed by atoms with Crippen LogP contribution in [-0.2, 0) is 14.8 Å². The Kier molecular flexibility index (Phi) is 6.36. The molecule has 1 N–H and O–H groups in total. The van der Waals surface area contributed by atoms with Gasteiger partial charge in [0.1, 0.15) is 10.6 Å². The van der Waals surface area contributed by atoms with Gasteiger partial charge < -0.3 is 9.47 Å². The van der Waals surface area contributed by atoms with Crippen molar-refractivity contribution in [2.45, 2.75) is 4.90 Å². The number of methoxy groups -OCH3 is 1. The zero-order valence-corrected chi connectivity index (χ0v) is 15.6. The largest absolute Gasteiger partial charge is 0.496 e. The minimum absolute atomic E-state index is 0.0407. The lowest BCUT2D eigenvalue weighted by Gasteiger charge is -2.09. The normalized spacial score (nSPS) is 11.0. The van der Waals surface area contributed by atoms with Gasteiger partial charge in [0.05, 0.1) is 23.3 Å².